The van der Waals surface area contributed by atoms with E-state index >= 15 is 0 Å². The third-order valence-corrected chi connectivity index (χ3v) is 4.41. The summed E-state index contributed by atoms with van der Waals surface area (Å²) < 4.78 is 16.8. The smallest absolute Gasteiger partial charge is 0.320 e. The van der Waals surface area contributed by atoms with Crippen molar-refractivity contribution in [1.82, 2.24) is 24.6 Å². The lowest BCUT2D eigenvalue weighted by atomic mass is 10.0. The van der Waals surface area contributed by atoms with Crippen molar-refractivity contribution in [2.45, 2.75) is 26.3 Å². The van der Waals surface area contributed by atoms with Gasteiger partial charge in [-0.1, -0.05) is 19.1 Å². The van der Waals surface area contributed by atoms with Crippen LogP contribution in [0, 0.1) is 5.82 Å². The second-order valence-corrected chi connectivity index (χ2v) is 6.35. The summed E-state index contributed by atoms with van der Waals surface area (Å²) in [5, 5.41) is 10.2. The van der Waals surface area contributed by atoms with Crippen molar-refractivity contribution in [3.63, 3.8) is 0 Å². The van der Waals surface area contributed by atoms with Gasteiger partial charge in [0.2, 0.25) is 0 Å². The van der Waals surface area contributed by atoms with E-state index in [1.54, 1.807) is 36.4 Å². The maximum atomic E-state index is 13.3. The van der Waals surface area contributed by atoms with Crippen LogP contribution < -0.4 is 10.6 Å². The van der Waals surface area contributed by atoms with Crippen LogP contribution in [0.3, 0.4) is 0 Å². The van der Waals surface area contributed by atoms with Crippen molar-refractivity contribution in [3.8, 4) is 11.1 Å². The highest BCUT2D eigenvalue weighted by Gasteiger charge is 2.19. The molecule has 3 aromatic rings. The highest BCUT2D eigenvalue weighted by molar-refractivity contribution is 5.93. The number of carbonyl (C=O) groups excluding carboxylic acids is 1. The molecule has 1 atom stereocenters. The summed E-state index contributed by atoms with van der Waals surface area (Å²) in [6.45, 7) is 4.43. The van der Waals surface area contributed by atoms with Gasteiger partial charge in [-0.2, -0.15) is 5.10 Å². The van der Waals surface area contributed by atoms with E-state index in [0.717, 1.165) is 16.8 Å². The topological polar surface area (TPSA) is 76.8 Å². The van der Waals surface area contributed by atoms with Gasteiger partial charge in [-0.05, 0) is 31.0 Å². The van der Waals surface area contributed by atoms with E-state index in [1.807, 2.05) is 24.6 Å². The van der Waals surface area contributed by atoms with E-state index in [0.29, 0.717) is 18.8 Å². The van der Waals surface area contributed by atoms with Crippen molar-refractivity contribution >= 4 is 11.8 Å². The molecule has 0 saturated carbocycles. The largest absolute Gasteiger partial charge is 0.336 e. The first-order chi connectivity index (χ1) is 13.0. The number of anilines is 1. The number of urea groups is 1. The molecular weight excluding hydrogens is 347 g/mol. The van der Waals surface area contributed by atoms with Crippen molar-refractivity contribution in [1.29, 1.82) is 0 Å². The first kappa shape index (κ1) is 18.6. The monoisotopic (exact) mass is 370 g/mol. The zero-order chi connectivity index (χ0) is 19.4. The number of nitrogens with zero attached hydrogens (tertiary/aromatic N) is 4. The van der Waals surface area contributed by atoms with Crippen LogP contribution in [-0.2, 0) is 13.5 Å². The number of benzene rings is 1. The van der Waals surface area contributed by atoms with Gasteiger partial charge in [-0.15, -0.1) is 0 Å². The van der Waals surface area contributed by atoms with Gasteiger partial charge < -0.3 is 9.88 Å². The number of rotatable bonds is 6. The Morgan fingerprint density at radius 1 is 1.30 bits per heavy atom. The number of hydrogen-bond donors (Lipinski definition) is 2. The molecule has 0 unspecified atom stereocenters. The van der Waals surface area contributed by atoms with Gasteiger partial charge in [-0.25, -0.2) is 14.2 Å². The molecule has 3 rings (SSSR count). The highest BCUT2D eigenvalue weighted by Crippen LogP contribution is 2.31. The summed E-state index contributed by atoms with van der Waals surface area (Å²) in [4.78, 5) is 16.4. The fourth-order valence-corrected chi connectivity index (χ4v) is 2.92. The molecule has 0 fully saturated rings. The second-order valence-electron chi connectivity index (χ2n) is 6.35. The number of amides is 2. The lowest BCUT2D eigenvalue weighted by molar-refractivity contribution is 0.250. The normalized spacial score (nSPS) is 12.0. The molecular formula is C19H23FN6O. The van der Waals surface area contributed by atoms with E-state index in [4.69, 9.17) is 0 Å². The number of aryl methyl sites for hydroxylation is 2. The average molecular weight is 370 g/mol. The number of carbonyl (C=O) groups is 1. The number of nitrogens with one attached hydrogen (secondary N) is 2. The SMILES string of the molecule is CCc1nn(C)c(NC(=O)NC[C@@H](C)n2ccnc2)c1-c1ccc(F)cc1. The fourth-order valence-electron chi connectivity index (χ4n) is 2.92. The van der Waals surface area contributed by atoms with Crippen molar-refractivity contribution in [2.75, 3.05) is 11.9 Å². The Kier molecular flexibility index (Phi) is 5.54. The molecule has 2 N–H and O–H groups in total. The average Bonchev–Trinajstić information content (AvgIpc) is 3.29. The lowest BCUT2D eigenvalue weighted by Gasteiger charge is -2.15. The van der Waals surface area contributed by atoms with Crippen molar-refractivity contribution in [3.05, 3.63) is 54.5 Å². The molecule has 0 spiro atoms. The number of hydrogen-bond acceptors (Lipinski definition) is 3. The molecule has 2 amide bonds. The molecule has 0 aliphatic carbocycles. The first-order valence-corrected chi connectivity index (χ1v) is 8.83. The lowest BCUT2D eigenvalue weighted by Crippen LogP contribution is -2.33. The summed E-state index contributed by atoms with van der Waals surface area (Å²) in [7, 11) is 1.77. The predicted molar refractivity (Wildman–Crippen MR) is 102 cm³/mol. The zero-order valence-corrected chi connectivity index (χ0v) is 15.6. The molecule has 27 heavy (non-hydrogen) atoms. The van der Waals surface area contributed by atoms with Gasteiger partial charge in [-0.3, -0.25) is 10.00 Å². The standard InChI is InChI=1S/C19H23FN6O/c1-4-16-17(14-5-7-15(20)8-6-14)18(25(3)24-16)23-19(27)22-11-13(2)26-10-9-21-12-26/h5-10,12-13H,4,11H2,1-3H3,(H2,22,23,27)/t13-/m1/s1. The molecule has 2 heterocycles. The van der Waals surface area contributed by atoms with Gasteiger partial charge in [0.15, 0.2) is 0 Å². The van der Waals surface area contributed by atoms with Crippen molar-refractivity contribution < 1.29 is 9.18 Å². The Bertz CT molecular complexity index is 901. The van der Waals surface area contributed by atoms with Gasteiger partial charge in [0.25, 0.3) is 0 Å². The summed E-state index contributed by atoms with van der Waals surface area (Å²) >= 11 is 0. The number of aromatic nitrogens is 4. The third kappa shape index (κ3) is 4.16. The highest BCUT2D eigenvalue weighted by atomic mass is 19.1. The molecule has 0 bridgehead atoms. The van der Waals surface area contributed by atoms with Crippen LogP contribution in [0.25, 0.3) is 11.1 Å². The molecule has 0 saturated heterocycles. The van der Waals surface area contributed by atoms with E-state index < -0.39 is 0 Å². The number of halogens is 1. The fraction of sp³-hybridized carbons (Fsp3) is 0.316. The Balaban J connectivity index is 1.76. The molecule has 1 aromatic carbocycles. The maximum absolute atomic E-state index is 13.3. The van der Waals surface area contributed by atoms with Gasteiger partial charge in [0, 0.05) is 37.6 Å². The molecule has 0 aliphatic rings. The maximum Gasteiger partial charge on any atom is 0.320 e. The van der Waals surface area contributed by atoms with Crippen LogP contribution in [0.15, 0.2) is 43.0 Å². The van der Waals surface area contributed by atoms with Crippen LogP contribution >= 0.6 is 0 Å². The third-order valence-electron chi connectivity index (χ3n) is 4.41. The molecule has 0 radical (unpaired) electrons. The molecule has 7 nitrogen and oxygen atoms in total. The minimum absolute atomic E-state index is 0.0764. The minimum atomic E-state index is -0.323. The van der Waals surface area contributed by atoms with Crippen LogP contribution in [0.2, 0.25) is 0 Å². The first-order valence-electron chi connectivity index (χ1n) is 8.83. The Hall–Kier alpha value is -3.16. The van der Waals surface area contributed by atoms with Gasteiger partial charge >= 0.3 is 6.03 Å². The van der Waals surface area contributed by atoms with E-state index in [9.17, 15) is 9.18 Å². The predicted octanol–water partition coefficient (Wildman–Crippen LogP) is 3.37. The Morgan fingerprint density at radius 3 is 2.67 bits per heavy atom. The van der Waals surface area contributed by atoms with E-state index in [2.05, 4.69) is 20.7 Å². The minimum Gasteiger partial charge on any atom is -0.336 e. The summed E-state index contributed by atoms with van der Waals surface area (Å²) in [5.74, 6) is 0.271. The van der Waals surface area contributed by atoms with Crippen molar-refractivity contribution in [2.24, 2.45) is 7.05 Å². The van der Waals surface area contributed by atoms with Crippen LogP contribution in [0.5, 0.6) is 0 Å². The zero-order valence-electron chi connectivity index (χ0n) is 15.6. The Labute approximate surface area is 157 Å². The molecule has 142 valence electrons. The summed E-state index contributed by atoms with van der Waals surface area (Å²) in [6.07, 6.45) is 5.96. The Morgan fingerprint density at radius 2 is 2.04 bits per heavy atom. The van der Waals surface area contributed by atoms with Gasteiger partial charge in [0.1, 0.15) is 11.6 Å². The van der Waals surface area contributed by atoms with Gasteiger partial charge in [0.05, 0.1) is 12.0 Å². The van der Waals surface area contributed by atoms with Crippen LogP contribution in [0.1, 0.15) is 25.6 Å². The van der Waals surface area contributed by atoms with Crippen LogP contribution in [-0.4, -0.2) is 31.9 Å². The van der Waals surface area contributed by atoms with E-state index in [1.165, 1.54) is 12.1 Å². The van der Waals surface area contributed by atoms with E-state index in [-0.39, 0.29) is 17.9 Å². The second kappa shape index (κ2) is 8.03. The number of imidazole rings is 1. The molecule has 2 aromatic heterocycles. The summed E-state index contributed by atoms with van der Waals surface area (Å²) in [6, 6.07) is 5.94. The summed E-state index contributed by atoms with van der Waals surface area (Å²) in [5.41, 5.74) is 2.45. The quantitative estimate of drug-likeness (QED) is 0.698. The van der Waals surface area contributed by atoms with Crippen LogP contribution in [0.4, 0.5) is 15.0 Å². The molecule has 8 heteroatoms. The molecule has 0 aliphatic heterocycles.